The first-order valence-electron chi connectivity index (χ1n) is 13.6. The van der Waals surface area contributed by atoms with Crippen LogP contribution in [0.4, 0.5) is 21.5 Å². The first kappa shape index (κ1) is 26.0. The number of carbonyl (C=O) groups is 2. The molecule has 4 saturated carbocycles. The molecule has 8 nitrogen and oxygen atoms in total. The second-order valence-corrected chi connectivity index (χ2v) is 11.8. The van der Waals surface area contributed by atoms with Crippen molar-refractivity contribution in [1.29, 1.82) is 0 Å². The van der Waals surface area contributed by atoms with Crippen LogP contribution in [0.1, 0.15) is 59.2 Å². The van der Waals surface area contributed by atoms with E-state index < -0.39 is 22.6 Å². The van der Waals surface area contributed by atoms with E-state index in [1.54, 1.807) is 18.2 Å². The molecule has 0 aliphatic heterocycles. The largest absolute Gasteiger partial charge is 0.478 e. The van der Waals surface area contributed by atoms with E-state index in [0.29, 0.717) is 23.4 Å². The van der Waals surface area contributed by atoms with Crippen molar-refractivity contribution >= 4 is 28.9 Å². The van der Waals surface area contributed by atoms with Crippen molar-refractivity contribution in [3.8, 4) is 11.1 Å². The Kier molecular flexibility index (Phi) is 6.52. The Bertz CT molecular complexity index is 1470. The van der Waals surface area contributed by atoms with Crippen LogP contribution in [0.25, 0.3) is 11.1 Å². The van der Waals surface area contributed by atoms with Gasteiger partial charge in [-0.2, -0.15) is 0 Å². The molecule has 206 valence electrons. The van der Waals surface area contributed by atoms with Gasteiger partial charge in [0.05, 0.1) is 16.1 Å². The number of hydrogen-bond acceptors (Lipinski definition) is 5. The molecule has 4 aliphatic rings. The number of halogens is 1. The van der Waals surface area contributed by atoms with Crippen molar-refractivity contribution in [2.24, 2.45) is 23.2 Å². The topological polar surface area (TPSA) is 122 Å². The monoisotopic (exact) mass is 543 g/mol. The SMILES string of the molecule is O=C(O)c1ccc(-c2ccc(F)cc2)cc1C(=O)Nc1ccc(NCC23CC4CC(CC(C4)C2)C3)c([N+](=O)[O-])c1. The molecular formula is C31H30FN3O5. The Morgan fingerprint density at radius 2 is 1.52 bits per heavy atom. The van der Waals surface area contributed by atoms with Gasteiger partial charge in [0.25, 0.3) is 11.6 Å². The summed E-state index contributed by atoms with van der Waals surface area (Å²) in [4.78, 5) is 36.5. The third-order valence-electron chi connectivity index (χ3n) is 8.94. The van der Waals surface area contributed by atoms with E-state index in [9.17, 15) is 29.2 Å². The molecule has 4 fully saturated rings. The third kappa shape index (κ3) is 5.03. The third-order valence-corrected chi connectivity index (χ3v) is 8.94. The molecule has 0 spiro atoms. The summed E-state index contributed by atoms with van der Waals surface area (Å²) in [6.45, 7) is 0.696. The summed E-state index contributed by atoms with van der Waals surface area (Å²) in [5.41, 5.74) is 1.44. The molecule has 3 aromatic carbocycles. The molecule has 1 amide bonds. The fraction of sp³-hybridized carbons (Fsp3) is 0.355. The summed E-state index contributed by atoms with van der Waals surface area (Å²) >= 11 is 0. The van der Waals surface area contributed by atoms with Crippen LogP contribution < -0.4 is 10.6 Å². The molecule has 0 saturated heterocycles. The molecule has 4 aliphatic carbocycles. The number of nitro groups is 1. The van der Waals surface area contributed by atoms with Gasteiger partial charge in [-0.05, 0) is 109 Å². The number of carbonyl (C=O) groups excluding carboxylic acids is 1. The number of nitrogens with zero attached hydrogens (tertiary/aromatic N) is 1. The van der Waals surface area contributed by atoms with Crippen LogP contribution in [0, 0.1) is 39.1 Å². The maximum Gasteiger partial charge on any atom is 0.336 e. The van der Waals surface area contributed by atoms with Gasteiger partial charge in [0.2, 0.25) is 0 Å². The summed E-state index contributed by atoms with van der Waals surface area (Å²) in [5.74, 6) is -0.0917. The first-order chi connectivity index (χ1) is 19.2. The van der Waals surface area contributed by atoms with Gasteiger partial charge >= 0.3 is 5.97 Å². The van der Waals surface area contributed by atoms with E-state index in [2.05, 4.69) is 10.6 Å². The van der Waals surface area contributed by atoms with Crippen molar-refractivity contribution in [3.63, 3.8) is 0 Å². The van der Waals surface area contributed by atoms with Crippen LogP contribution in [0.5, 0.6) is 0 Å². The normalized spacial score (nSPS) is 24.5. The van der Waals surface area contributed by atoms with Crippen molar-refractivity contribution in [1.82, 2.24) is 0 Å². The Morgan fingerprint density at radius 3 is 2.12 bits per heavy atom. The summed E-state index contributed by atoms with van der Waals surface area (Å²) in [6.07, 6.45) is 7.50. The highest BCUT2D eigenvalue weighted by atomic mass is 19.1. The smallest absolute Gasteiger partial charge is 0.336 e. The fourth-order valence-corrected chi connectivity index (χ4v) is 7.64. The van der Waals surface area contributed by atoms with Gasteiger partial charge in [0.1, 0.15) is 11.5 Å². The molecule has 7 rings (SSSR count). The second kappa shape index (κ2) is 10.0. The molecule has 9 heteroatoms. The van der Waals surface area contributed by atoms with Crippen molar-refractivity contribution < 1.29 is 24.0 Å². The van der Waals surface area contributed by atoms with Crippen LogP contribution in [-0.2, 0) is 0 Å². The van der Waals surface area contributed by atoms with E-state index >= 15 is 0 Å². The van der Waals surface area contributed by atoms with Crippen LogP contribution >= 0.6 is 0 Å². The summed E-state index contributed by atoms with van der Waals surface area (Å²) in [6, 6.07) is 14.4. The van der Waals surface area contributed by atoms with E-state index in [1.807, 2.05) is 0 Å². The maximum absolute atomic E-state index is 13.4. The Hall–Kier alpha value is -4.27. The summed E-state index contributed by atoms with van der Waals surface area (Å²) < 4.78 is 13.4. The van der Waals surface area contributed by atoms with Gasteiger partial charge in [-0.25, -0.2) is 9.18 Å². The number of carboxylic acids is 1. The van der Waals surface area contributed by atoms with Gasteiger partial charge in [-0.3, -0.25) is 14.9 Å². The lowest BCUT2D eigenvalue weighted by molar-refractivity contribution is -0.383. The van der Waals surface area contributed by atoms with E-state index in [0.717, 1.165) is 17.8 Å². The highest BCUT2D eigenvalue weighted by Crippen LogP contribution is 2.60. The zero-order chi connectivity index (χ0) is 28.0. The molecule has 3 N–H and O–H groups in total. The van der Waals surface area contributed by atoms with Gasteiger partial charge in [0.15, 0.2) is 0 Å². The van der Waals surface area contributed by atoms with Gasteiger partial charge in [-0.1, -0.05) is 18.2 Å². The summed E-state index contributed by atoms with van der Waals surface area (Å²) in [7, 11) is 0. The molecule has 0 aromatic heterocycles. The zero-order valence-corrected chi connectivity index (χ0v) is 21.9. The zero-order valence-electron chi connectivity index (χ0n) is 21.9. The Morgan fingerprint density at radius 1 is 0.900 bits per heavy atom. The standard InChI is InChI=1S/C31H30FN3O5/c32-23-4-1-21(2-5-23)22-3-7-25(30(37)38)26(12-22)29(36)34-24-6-8-27(28(13-24)35(39)40)33-17-31-14-18-9-19(15-31)11-20(10-18)16-31/h1-8,12-13,18-20,33H,9-11,14-17H2,(H,34,36)(H,37,38). The highest BCUT2D eigenvalue weighted by Gasteiger charge is 2.50. The Labute approximate surface area is 230 Å². The minimum absolute atomic E-state index is 0.110. The number of aromatic carboxylic acids is 1. The van der Waals surface area contributed by atoms with Gasteiger partial charge in [-0.15, -0.1) is 0 Å². The minimum atomic E-state index is -1.29. The van der Waals surface area contributed by atoms with Crippen LogP contribution in [0.15, 0.2) is 60.7 Å². The van der Waals surface area contributed by atoms with Crippen molar-refractivity contribution in [3.05, 3.63) is 87.7 Å². The lowest BCUT2D eigenvalue weighted by Gasteiger charge is -2.57. The molecule has 40 heavy (non-hydrogen) atoms. The quantitative estimate of drug-likeness (QED) is 0.208. The molecule has 4 bridgehead atoms. The first-order valence-corrected chi connectivity index (χ1v) is 13.6. The van der Waals surface area contributed by atoms with Gasteiger partial charge in [0, 0.05) is 18.3 Å². The van der Waals surface area contributed by atoms with E-state index in [1.165, 1.54) is 81.0 Å². The molecule has 3 aromatic rings. The highest BCUT2D eigenvalue weighted by molar-refractivity contribution is 6.11. The number of benzene rings is 3. The van der Waals surface area contributed by atoms with Crippen LogP contribution in [0.2, 0.25) is 0 Å². The lowest BCUT2D eigenvalue weighted by atomic mass is 9.49. The molecule has 0 heterocycles. The molecule has 0 unspecified atom stereocenters. The number of nitro benzene ring substituents is 1. The number of nitrogens with one attached hydrogen (secondary N) is 2. The number of rotatable bonds is 8. The van der Waals surface area contributed by atoms with Gasteiger partial charge < -0.3 is 15.7 Å². The van der Waals surface area contributed by atoms with Crippen LogP contribution in [-0.4, -0.2) is 28.5 Å². The second-order valence-electron chi connectivity index (χ2n) is 11.8. The number of hydrogen-bond donors (Lipinski definition) is 3. The van der Waals surface area contributed by atoms with Crippen molar-refractivity contribution in [2.75, 3.05) is 17.2 Å². The number of amides is 1. The van der Waals surface area contributed by atoms with Crippen LogP contribution in [0.3, 0.4) is 0 Å². The fourth-order valence-electron chi connectivity index (χ4n) is 7.64. The predicted molar refractivity (Wildman–Crippen MR) is 149 cm³/mol. The molecular weight excluding hydrogens is 513 g/mol. The molecule has 0 radical (unpaired) electrons. The summed E-state index contributed by atoms with van der Waals surface area (Å²) in [5, 5.41) is 27.6. The van der Waals surface area contributed by atoms with E-state index in [-0.39, 0.29) is 27.9 Å². The molecule has 0 atom stereocenters. The average Bonchev–Trinajstić information content (AvgIpc) is 2.91. The minimum Gasteiger partial charge on any atom is -0.478 e. The lowest BCUT2D eigenvalue weighted by Crippen LogP contribution is -2.49. The predicted octanol–water partition coefficient (Wildman–Crippen LogP) is 6.98. The van der Waals surface area contributed by atoms with E-state index in [4.69, 9.17) is 0 Å². The maximum atomic E-state index is 13.4. The number of anilines is 2. The number of carboxylic acid groups (broad SMARTS) is 1. The van der Waals surface area contributed by atoms with Crippen molar-refractivity contribution in [2.45, 2.75) is 38.5 Å². The average molecular weight is 544 g/mol. The Balaban J connectivity index is 1.22.